The Bertz CT molecular complexity index is 211. The largest absolute Gasteiger partial charge is 0.375 e. The lowest BCUT2D eigenvalue weighted by atomic mass is 9.93. The number of nitrogens with one attached hydrogen (secondary N) is 1. The molecule has 0 radical (unpaired) electrons. The third-order valence-electron chi connectivity index (χ3n) is 2.57. The standard InChI is InChI=1S/C11H21NO2/c1-8(2)10(13)12-9-5-6-14-11(3,4)7-9/h8-9H,5-7H2,1-4H3,(H,12,13). The molecule has 0 spiro atoms. The molecule has 0 aromatic carbocycles. The zero-order valence-corrected chi connectivity index (χ0v) is 9.59. The maximum absolute atomic E-state index is 11.5. The van der Waals surface area contributed by atoms with Crippen molar-refractivity contribution in [1.29, 1.82) is 0 Å². The van der Waals surface area contributed by atoms with Crippen LogP contribution in [0.5, 0.6) is 0 Å². The lowest BCUT2D eigenvalue weighted by Crippen LogP contribution is -2.46. The summed E-state index contributed by atoms with van der Waals surface area (Å²) >= 11 is 0. The predicted octanol–water partition coefficient (Wildman–Crippen LogP) is 1.72. The minimum absolute atomic E-state index is 0.0703. The molecule has 1 amide bonds. The number of hydrogen-bond acceptors (Lipinski definition) is 2. The van der Waals surface area contributed by atoms with Crippen molar-refractivity contribution in [2.24, 2.45) is 5.92 Å². The Morgan fingerprint density at radius 1 is 1.50 bits per heavy atom. The summed E-state index contributed by atoms with van der Waals surface area (Å²) in [5.41, 5.74) is -0.0901. The summed E-state index contributed by atoms with van der Waals surface area (Å²) in [5, 5.41) is 3.05. The van der Waals surface area contributed by atoms with Gasteiger partial charge in [-0.2, -0.15) is 0 Å². The smallest absolute Gasteiger partial charge is 0.222 e. The van der Waals surface area contributed by atoms with Crippen LogP contribution in [0.1, 0.15) is 40.5 Å². The lowest BCUT2D eigenvalue weighted by molar-refractivity contribution is -0.127. The van der Waals surface area contributed by atoms with E-state index in [1.807, 2.05) is 13.8 Å². The molecule has 1 saturated heterocycles. The molecule has 3 heteroatoms. The molecular formula is C11H21NO2. The normalized spacial score (nSPS) is 26.2. The van der Waals surface area contributed by atoms with E-state index in [-0.39, 0.29) is 23.5 Å². The SMILES string of the molecule is CC(C)C(=O)NC1CCOC(C)(C)C1. The topological polar surface area (TPSA) is 38.3 Å². The number of amides is 1. The van der Waals surface area contributed by atoms with Crippen LogP contribution in [0, 0.1) is 5.92 Å². The average molecular weight is 199 g/mol. The molecule has 0 bridgehead atoms. The number of hydrogen-bond donors (Lipinski definition) is 1. The summed E-state index contributed by atoms with van der Waals surface area (Å²) in [7, 11) is 0. The number of ether oxygens (including phenoxy) is 1. The fraction of sp³-hybridized carbons (Fsp3) is 0.909. The highest BCUT2D eigenvalue weighted by atomic mass is 16.5. The molecule has 82 valence electrons. The molecule has 14 heavy (non-hydrogen) atoms. The van der Waals surface area contributed by atoms with Gasteiger partial charge in [0.2, 0.25) is 5.91 Å². The maximum Gasteiger partial charge on any atom is 0.222 e. The second-order valence-electron chi connectivity index (χ2n) is 4.96. The maximum atomic E-state index is 11.5. The molecule has 1 aliphatic heterocycles. The Labute approximate surface area is 86.2 Å². The van der Waals surface area contributed by atoms with E-state index in [0.29, 0.717) is 0 Å². The minimum Gasteiger partial charge on any atom is -0.375 e. The summed E-state index contributed by atoms with van der Waals surface area (Å²) in [5.74, 6) is 0.216. The van der Waals surface area contributed by atoms with Crippen LogP contribution < -0.4 is 5.32 Å². The summed E-state index contributed by atoms with van der Waals surface area (Å²) in [6, 6.07) is 0.286. The second-order valence-corrected chi connectivity index (χ2v) is 4.96. The zero-order chi connectivity index (χ0) is 10.8. The molecule has 1 heterocycles. The first kappa shape index (κ1) is 11.5. The second kappa shape index (κ2) is 4.30. The highest BCUT2D eigenvalue weighted by Crippen LogP contribution is 2.23. The van der Waals surface area contributed by atoms with Gasteiger partial charge in [0.15, 0.2) is 0 Å². The molecule has 0 aliphatic carbocycles. The van der Waals surface area contributed by atoms with E-state index in [2.05, 4.69) is 19.2 Å². The van der Waals surface area contributed by atoms with Gasteiger partial charge >= 0.3 is 0 Å². The van der Waals surface area contributed by atoms with Crippen LogP contribution in [-0.4, -0.2) is 24.2 Å². The summed E-state index contributed by atoms with van der Waals surface area (Å²) in [6.45, 7) is 8.72. The Morgan fingerprint density at radius 3 is 2.64 bits per heavy atom. The Morgan fingerprint density at radius 2 is 2.14 bits per heavy atom. The summed E-state index contributed by atoms with van der Waals surface area (Å²) < 4.78 is 5.59. The quantitative estimate of drug-likeness (QED) is 0.735. The molecule has 0 saturated carbocycles. The molecule has 1 atom stereocenters. The van der Waals surface area contributed by atoms with E-state index in [0.717, 1.165) is 19.4 Å². The van der Waals surface area contributed by atoms with Gasteiger partial charge in [-0.15, -0.1) is 0 Å². The van der Waals surface area contributed by atoms with Gasteiger partial charge in [0.25, 0.3) is 0 Å². The van der Waals surface area contributed by atoms with E-state index in [4.69, 9.17) is 4.74 Å². The van der Waals surface area contributed by atoms with Gasteiger partial charge in [-0.25, -0.2) is 0 Å². The van der Waals surface area contributed by atoms with Crippen molar-refractivity contribution >= 4 is 5.91 Å². The van der Waals surface area contributed by atoms with Gasteiger partial charge in [0.05, 0.1) is 5.60 Å². The first-order chi connectivity index (χ1) is 6.41. The van der Waals surface area contributed by atoms with Gasteiger partial charge in [0.1, 0.15) is 0 Å². The van der Waals surface area contributed by atoms with Crippen molar-refractivity contribution in [2.45, 2.75) is 52.2 Å². The van der Waals surface area contributed by atoms with E-state index >= 15 is 0 Å². The van der Waals surface area contributed by atoms with Crippen molar-refractivity contribution in [3.63, 3.8) is 0 Å². The highest BCUT2D eigenvalue weighted by Gasteiger charge is 2.29. The summed E-state index contributed by atoms with van der Waals surface area (Å²) in [4.78, 5) is 11.5. The van der Waals surface area contributed by atoms with Gasteiger partial charge in [-0.05, 0) is 26.7 Å². The number of carbonyl (C=O) groups is 1. The first-order valence-electron chi connectivity index (χ1n) is 5.35. The van der Waals surface area contributed by atoms with Gasteiger partial charge in [-0.1, -0.05) is 13.8 Å². The number of rotatable bonds is 2. The molecule has 1 rings (SSSR count). The number of carbonyl (C=O) groups excluding carboxylic acids is 1. The lowest BCUT2D eigenvalue weighted by Gasteiger charge is -2.36. The molecule has 0 aromatic heterocycles. The van der Waals surface area contributed by atoms with Gasteiger partial charge in [0, 0.05) is 18.6 Å². The van der Waals surface area contributed by atoms with Crippen molar-refractivity contribution in [3.8, 4) is 0 Å². The third-order valence-corrected chi connectivity index (χ3v) is 2.57. The first-order valence-corrected chi connectivity index (χ1v) is 5.35. The molecule has 1 N–H and O–H groups in total. The van der Waals surface area contributed by atoms with Crippen LogP contribution in [0.4, 0.5) is 0 Å². The van der Waals surface area contributed by atoms with Crippen molar-refractivity contribution in [2.75, 3.05) is 6.61 Å². The van der Waals surface area contributed by atoms with Crippen LogP contribution >= 0.6 is 0 Å². The van der Waals surface area contributed by atoms with Gasteiger partial charge in [-0.3, -0.25) is 4.79 Å². The monoisotopic (exact) mass is 199 g/mol. The van der Waals surface area contributed by atoms with Crippen LogP contribution in [0.2, 0.25) is 0 Å². The van der Waals surface area contributed by atoms with Crippen molar-refractivity contribution in [3.05, 3.63) is 0 Å². The molecular weight excluding hydrogens is 178 g/mol. The summed E-state index contributed by atoms with van der Waals surface area (Å²) in [6.07, 6.45) is 1.84. The van der Waals surface area contributed by atoms with Crippen molar-refractivity contribution in [1.82, 2.24) is 5.32 Å². The van der Waals surface area contributed by atoms with Crippen LogP contribution in [-0.2, 0) is 9.53 Å². The Kier molecular flexibility index (Phi) is 3.53. The Hall–Kier alpha value is -0.570. The fourth-order valence-electron chi connectivity index (χ4n) is 1.72. The molecule has 0 aromatic rings. The van der Waals surface area contributed by atoms with E-state index < -0.39 is 0 Å². The predicted molar refractivity (Wildman–Crippen MR) is 56.0 cm³/mol. The Balaban J connectivity index is 2.42. The van der Waals surface area contributed by atoms with Crippen LogP contribution in [0.15, 0.2) is 0 Å². The zero-order valence-electron chi connectivity index (χ0n) is 9.59. The van der Waals surface area contributed by atoms with Gasteiger partial charge < -0.3 is 10.1 Å². The highest BCUT2D eigenvalue weighted by molar-refractivity contribution is 5.78. The van der Waals surface area contributed by atoms with E-state index in [1.165, 1.54) is 0 Å². The van der Waals surface area contributed by atoms with E-state index in [9.17, 15) is 4.79 Å². The molecule has 1 unspecified atom stereocenters. The van der Waals surface area contributed by atoms with Crippen molar-refractivity contribution < 1.29 is 9.53 Å². The van der Waals surface area contributed by atoms with Crippen LogP contribution in [0.3, 0.4) is 0 Å². The molecule has 1 aliphatic rings. The molecule has 3 nitrogen and oxygen atoms in total. The van der Waals surface area contributed by atoms with Crippen LogP contribution in [0.25, 0.3) is 0 Å². The fourth-order valence-corrected chi connectivity index (χ4v) is 1.72. The minimum atomic E-state index is -0.0901. The third kappa shape index (κ3) is 3.29. The molecule has 1 fully saturated rings. The van der Waals surface area contributed by atoms with E-state index in [1.54, 1.807) is 0 Å². The average Bonchev–Trinajstić information content (AvgIpc) is 2.01.